The molecule has 1 aliphatic heterocycles. The first kappa shape index (κ1) is 16.0. The predicted molar refractivity (Wildman–Crippen MR) is 82.5 cm³/mol. The molecule has 20 heavy (non-hydrogen) atoms. The summed E-state index contributed by atoms with van der Waals surface area (Å²) in [5, 5.41) is 11.7. The minimum atomic E-state index is -1.02. The molecule has 2 atom stereocenters. The molecule has 0 bridgehead atoms. The first-order chi connectivity index (χ1) is 9.49. The Balaban J connectivity index is 2.29. The van der Waals surface area contributed by atoms with Gasteiger partial charge in [-0.15, -0.1) is 6.58 Å². The number of ether oxygens (including phenoxy) is 2. The summed E-state index contributed by atoms with van der Waals surface area (Å²) in [5.74, 6) is 5.54. The molecule has 2 fully saturated rings. The number of alkyl halides is 1. The SMILES string of the molecule is C=CCC1(C)CCC2(CCC1(O)C#CCBr)OCCO2. The average molecular weight is 343 g/mol. The first-order valence-corrected chi connectivity index (χ1v) is 8.29. The fourth-order valence-electron chi connectivity index (χ4n) is 3.24. The molecule has 1 spiro atoms. The van der Waals surface area contributed by atoms with Gasteiger partial charge in [-0.1, -0.05) is 40.8 Å². The second kappa shape index (κ2) is 6.19. The second-order valence-electron chi connectivity index (χ2n) is 5.96. The number of halogens is 1. The van der Waals surface area contributed by atoms with Crippen LogP contribution in [0.1, 0.15) is 39.0 Å². The van der Waals surface area contributed by atoms with Gasteiger partial charge in [-0.25, -0.2) is 0 Å². The van der Waals surface area contributed by atoms with Gasteiger partial charge in [-0.3, -0.25) is 0 Å². The molecule has 1 heterocycles. The lowest BCUT2D eigenvalue weighted by Crippen LogP contribution is -2.44. The summed E-state index contributed by atoms with van der Waals surface area (Å²) in [6.07, 6.45) is 5.47. The normalized spacial score (nSPS) is 36.1. The Morgan fingerprint density at radius 3 is 2.50 bits per heavy atom. The maximum Gasteiger partial charge on any atom is 0.168 e. The fourth-order valence-corrected chi connectivity index (χ4v) is 3.38. The van der Waals surface area contributed by atoms with Gasteiger partial charge >= 0.3 is 0 Å². The van der Waals surface area contributed by atoms with Crippen molar-refractivity contribution in [3.05, 3.63) is 12.7 Å². The van der Waals surface area contributed by atoms with Crippen LogP contribution in [0.3, 0.4) is 0 Å². The second-order valence-corrected chi connectivity index (χ2v) is 6.52. The van der Waals surface area contributed by atoms with Crippen LogP contribution >= 0.6 is 15.9 Å². The van der Waals surface area contributed by atoms with Crippen LogP contribution in [0.15, 0.2) is 12.7 Å². The molecule has 1 N–H and O–H groups in total. The maximum absolute atomic E-state index is 11.1. The zero-order chi connectivity index (χ0) is 14.7. The van der Waals surface area contributed by atoms with E-state index in [1.165, 1.54) is 0 Å². The number of aliphatic hydroxyl groups is 1. The highest BCUT2D eigenvalue weighted by atomic mass is 79.9. The van der Waals surface area contributed by atoms with Crippen molar-refractivity contribution in [1.29, 1.82) is 0 Å². The van der Waals surface area contributed by atoms with Crippen molar-refractivity contribution in [2.24, 2.45) is 5.41 Å². The quantitative estimate of drug-likeness (QED) is 0.476. The Labute approximate surface area is 129 Å². The van der Waals surface area contributed by atoms with Crippen LogP contribution in [0.25, 0.3) is 0 Å². The van der Waals surface area contributed by atoms with Gasteiger partial charge in [-0.2, -0.15) is 0 Å². The summed E-state index contributed by atoms with van der Waals surface area (Å²) in [6, 6.07) is 0. The minimum Gasteiger partial charge on any atom is -0.377 e. The smallest absolute Gasteiger partial charge is 0.168 e. The predicted octanol–water partition coefficient (Wildman–Crippen LogP) is 3.02. The number of hydrogen-bond acceptors (Lipinski definition) is 3. The van der Waals surface area contributed by atoms with Crippen molar-refractivity contribution < 1.29 is 14.6 Å². The number of hydrogen-bond donors (Lipinski definition) is 1. The van der Waals surface area contributed by atoms with E-state index >= 15 is 0 Å². The van der Waals surface area contributed by atoms with Gasteiger partial charge < -0.3 is 14.6 Å². The fraction of sp³-hybridized carbons (Fsp3) is 0.750. The van der Waals surface area contributed by atoms with Crippen molar-refractivity contribution in [3.8, 4) is 11.8 Å². The van der Waals surface area contributed by atoms with Gasteiger partial charge in [0, 0.05) is 18.3 Å². The molecule has 0 amide bonds. The van der Waals surface area contributed by atoms with Crippen molar-refractivity contribution in [3.63, 3.8) is 0 Å². The van der Waals surface area contributed by atoms with Gasteiger partial charge in [0.05, 0.1) is 18.5 Å². The van der Waals surface area contributed by atoms with Gasteiger partial charge in [0.25, 0.3) is 0 Å². The topological polar surface area (TPSA) is 38.7 Å². The molecule has 2 aliphatic rings. The number of allylic oxidation sites excluding steroid dienone is 1. The Morgan fingerprint density at radius 2 is 1.90 bits per heavy atom. The van der Waals surface area contributed by atoms with E-state index in [0.717, 1.165) is 19.3 Å². The van der Waals surface area contributed by atoms with E-state index in [4.69, 9.17) is 9.47 Å². The van der Waals surface area contributed by atoms with Gasteiger partial charge in [-0.05, 0) is 19.3 Å². The highest BCUT2D eigenvalue weighted by Crippen LogP contribution is 2.49. The lowest BCUT2D eigenvalue weighted by molar-refractivity contribution is -0.167. The molecule has 4 heteroatoms. The molecule has 112 valence electrons. The van der Waals surface area contributed by atoms with E-state index in [9.17, 15) is 5.11 Å². The number of rotatable bonds is 2. The highest BCUT2D eigenvalue weighted by Gasteiger charge is 2.52. The summed E-state index contributed by atoms with van der Waals surface area (Å²) < 4.78 is 11.6. The Kier molecular flexibility index (Phi) is 4.96. The Hall–Kier alpha value is -0.340. The van der Waals surface area contributed by atoms with E-state index in [-0.39, 0.29) is 5.41 Å². The molecular weight excluding hydrogens is 320 g/mol. The zero-order valence-electron chi connectivity index (χ0n) is 12.1. The van der Waals surface area contributed by atoms with Crippen LogP contribution in [0.2, 0.25) is 0 Å². The van der Waals surface area contributed by atoms with Crippen LogP contribution in [0.4, 0.5) is 0 Å². The zero-order valence-corrected chi connectivity index (χ0v) is 13.7. The van der Waals surface area contributed by atoms with Crippen molar-refractivity contribution in [2.45, 2.75) is 50.4 Å². The third kappa shape index (κ3) is 2.96. The van der Waals surface area contributed by atoms with Crippen LogP contribution in [-0.4, -0.2) is 35.0 Å². The van der Waals surface area contributed by atoms with E-state index in [1.807, 2.05) is 6.08 Å². The third-order valence-corrected chi connectivity index (χ3v) is 4.97. The molecule has 0 aromatic heterocycles. The molecule has 2 rings (SSSR count). The van der Waals surface area contributed by atoms with Crippen LogP contribution in [-0.2, 0) is 9.47 Å². The molecule has 0 aromatic rings. The Morgan fingerprint density at radius 1 is 1.25 bits per heavy atom. The van der Waals surface area contributed by atoms with Crippen LogP contribution in [0, 0.1) is 17.3 Å². The van der Waals surface area contributed by atoms with E-state index in [0.29, 0.717) is 31.4 Å². The maximum atomic E-state index is 11.1. The standard InChI is InChI=1S/C16H23BrO3/c1-3-5-14(2)7-9-16(19-12-13-20-16)10-8-15(14,18)6-4-11-17/h3,18H,1,5,7-13H2,2H3. The molecule has 0 radical (unpaired) electrons. The average Bonchev–Trinajstić information content (AvgIpc) is 2.87. The van der Waals surface area contributed by atoms with Gasteiger partial charge in [0.2, 0.25) is 0 Å². The van der Waals surface area contributed by atoms with Crippen molar-refractivity contribution in [2.75, 3.05) is 18.5 Å². The monoisotopic (exact) mass is 342 g/mol. The summed E-state index contributed by atoms with van der Waals surface area (Å²) >= 11 is 3.30. The highest BCUT2D eigenvalue weighted by molar-refractivity contribution is 9.09. The molecule has 1 saturated carbocycles. The van der Waals surface area contributed by atoms with Gasteiger partial charge in [0.15, 0.2) is 5.79 Å². The van der Waals surface area contributed by atoms with E-state index in [2.05, 4.69) is 41.3 Å². The Bertz CT molecular complexity index is 419. The first-order valence-electron chi connectivity index (χ1n) is 7.16. The van der Waals surface area contributed by atoms with Crippen LogP contribution < -0.4 is 0 Å². The van der Waals surface area contributed by atoms with Crippen molar-refractivity contribution >= 4 is 15.9 Å². The summed E-state index contributed by atoms with van der Waals surface area (Å²) in [6.45, 7) is 7.21. The van der Waals surface area contributed by atoms with E-state index in [1.54, 1.807) is 0 Å². The largest absolute Gasteiger partial charge is 0.377 e. The van der Waals surface area contributed by atoms with Crippen LogP contribution in [0.5, 0.6) is 0 Å². The molecule has 3 nitrogen and oxygen atoms in total. The summed E-state index contributed by atoms with van der Waals surface area (Å²) in [7, 11) is 0. The van der Waals surface area contributed by atoms with E-state index < -0.39 is 11.4 Å². The molecule has 1 saturated heterocycles. The summed E-state index contributed by atoms with van der Waals surface area (Å²) in [4.78, 5) is 0. The minimum absolute atomic E-state index is 0.317. The molecule has 0 aromatic carbocycles. The van der Waals surface area contributed by atoms with Gasteiger partial charge in [0.1, 0.15) is 5.60 Å². The molecular formula is C16H23BrO3. The molecule has 1 aliphatic carbocycles. The summed E-state index contributed by atoms with van der Waals surface area (Å²) in [5.41, 5.74) is -1.34. The molecule has 2 unspecified atom stereocenters. The lowest BCUT2D eigenvalue weighted by Gasteiger charge is -2.40. The van der Waals surface area contributed by atoms with Crippen molar-refractivity contribution in [1.82, 2.24) is 0 Å². The lowest BCUT2D eigenvalue weighted by atomic mass is 9.68. The third-order valence-electron chi connectivity index (χ3n) is 4.69.